The minimum absolute atomic E-state index is 0.00560. The molecule has 0 aliphatic heterocycles. The maximum Gasteiger partial charge on any atom is 0.258 e. The van der Waals surface area contributed by atoms with Crippen LogP contribution in [0.25, 0.3) is 0 Å². The zero-order valence-corrected chi connectivity index (χ0v) is 12.9. The summed E-state index contributed by atoms with van der Waals surface area (Å²) in [6, 6.07) is 13.3. The van der Waals surface area contributed by atoms with Gasteiger partial charge in [0, 0.05) is 11.6 Å². The molecule has 2 aromatic carbocycles. The summed E-state index contributed by atoms with van der Waals surface area (Å²) in [5.41, 5.74) is 3.18. The molecule has 110 valence electrons. The topological polar surface area (TPSA) is 38.3 Å². The number of benzene rings is 2. The lowest BCUT2D eigenvalue weighted by atomic mass is 10.1. The molecule has 0 spiro atoms. The van der Waals surface area contributed by atoms with Crippen LogP contribution in [-0.4, -0.2) is 12.5 Å². The fraction of sp³-hybridized carbons (Fsp3) is 0.235. The SMILES string of the molecule is Cc1ccccc1CNC(=O)COc1ccc(Cl)cc1C. The van der Waals surface area contributed by atoms with E-state index in [1.54, 1.807) is 12.1 Å². The van der Waals surface area contributed by atoms with E-state index in [9.17, 15) is 4.79 Å². The number of halogens is 1. The van der Waals surface area contributed by atoms with Crippen molar-refractivity contribution in [2.24, 2.45) is 0 Å². The zero-order chi connectivity index (χ0) is 15.2. The average Bonchev–Trinajstić information content (AvgIpc) is 2.45. The number of aryl methyl sites for hydroxylation is 2. The second-order valence-corrected chi connectivity index (χ2v) is 5.34. The molecule has 0 unspecified atom stereocenters. The van der Waals surface area contributed by atoms with Gasteiger partial charge in [-0.1, -0.05) is 35.9 Å². The molecule has 1 N–H and O–H groups in total. The minimum Gasteiger partial charge on any atom is -0.484 e. The van der Waals surface area contributed by atoms with Crippen molar-refractivity contribution >= 4 is 17.5 Å². The normalized spacial score (nSPS) is 10.2. The number of nitrogens with one attached hydrogen (secondary N) is 1. The number of carbonyl (C=O) groups is 1. The Hall–Kier alpha value is -2.00. The third kappa shape index (κ3) is 4.50. The van der Waals surface area contributed by atoms with Gasteiger partial charge in [-0.15, -0.1) is 0 Å². The molecular weight excluding hydrogens is 286 g/mol. The molecular formula is C17H18ClNO2. The van der Waals surface area contributed by atoms with Crippen LogP contribution in [0.3, 0.4) is 0 Å². The summed E-state index contributed by atoms with van der Waals surface area (Å²) >= 11 is 5.88. The summed E-state index contributed by atoms with van der Waals surface area (Å²) in [6.45, 7) is 4.42. The first kappa shape index (κ1) is 15.4. The number of ether oxygens (including phenoxy) is 1. The molecule has 2 rings (SSSR count). The van der Waals surface area contributed by atoms with Gasteiger partial charge < -0.3 is 10.1 Å². The number of rotatable bonds is 5. The standard InChI is InChI=1S/C17H18ClNO2/c1-12-5-3-4-6-14(12)10-19-17(20)11-21-16-8-7-15(18)9-13(16)2/h3-9H,10-11H2,1-2H3,(H,19,20). The number of carbonyl (C=O) groups excluding carboxylic acids is 1. The summed E-state index contributed by atoms with van der Waals surface area (Å²) in [5.74, 6) is 0.526. The Bertz CT molecular complexity index is 640. The first-order valence-electron chi connectivity index (χ1n) is 6.76. The largest absolute Gasteiger partial charge is 0.484 e. The van der Waals surface area contributed by atoms with Crippen LogP contribution in [-0.2, 0) is 11.3 Å². The van der Waals surface area contributed by atoms with Crippen LogP contribution in [0.4, 0.5) is 0 Å². The Morgan fingerprint density at radius 3 is 2.62 bits per heavy atom. The van der Waals surface area contributed by atoms with E-state index in [2.05, 4.69) is 5.32 Å². The van der Waals surface area contributed by atoms with Crippen molar-refractivity contribution in [3.8, 4) is 5.75 Å². The third-order valence-corrected chi connectivity index (χ3v) is 3.47. The predicted octanol–water partition coefficient (Wildman–Crippen LogP) is 3.65. The molecule has 0 aromatic heterocycles. The average molecular weight is 304 g/mol. The van der Waals surface area contributed by atoms with Gasteiger partial charge in [-0.25, -0.2) is 0 Å². The Kier molecular flexibility index (Phi) is 5.23. The van der Waals surface area contributed by atoms with Crippen LogP contribution in [0.15, 0.2) is 42.5 Å². The van der Waals surface area contributed by atoms with E-state index < -0.39 is 0 Å². The van der Waals surface area contributed by atoms with Crippen molar-refractivity contribution < 1.29 is 9.53 Å². The highest BCUT2D eigenvalue weighted by Crippen LogP contribution is 2.21. The van der Waals surface area contributed by atoms with Gasteiger partial charge in [0.25, 0.3) is 5.91 Å². The van der Waals surface area contributed by atoms with E-state index >= 15 is 0 Å². The molecule has 21 heavy (non-hydrogen) atoms. The Morgan fingerprint density at radius 2 is 1.90 bits per heavy atom. The van der Waals surface area contributed by atoms with E-state index in [1.165, 1.54) is 0 Å². The first-order valence-corrected chi connectivity index (χ1v) is 7.14. The lowest BCUT2D eigenvalue weighted by molar-refractivity contribution is -0.123. The lowest BCUT2D eigenvalue weighted by Gasteiger charge is -2.10. The van der Waals surface area contributed by atoms with E-state index in [-0.39, 0.29) is 12.5 Å². The molecule has 4 heteroatoms. The molecule has 0 bridgehead atoms. The maximum absolute atomic E-state index is 11.8. The Morgan fingerprint density at radius 1 is 1.14 bits per heavy atom. The number of amides is 1. The Labute approximate surface area is 129 Å². The van der Waals surface area contributed by atoms with Crippen LogP contribution < -0.4 is 10.1 Å². The van der Waals surface area contributed by atoms with E-state index in [4.69, 9.17) is 16.3 Å². The molecule has 0 saturated carbocycles. The molecule has 0 aliphatic rings. The summed E-state index contributed by atoms with van der Waals surface area (Å²) in [4.78, 5) is 11.8. The van der Waals surface area contributed by atoms with Gasteiger partial charge >= 0.3 is 0 Å². The summed E-state index contributed by atoms with van der Waals surface area (Å²) in [7, 11) is 0. The monoisotopic (exact) mass is 303 g/mol. The van der Waals surface area contributed by atoms with Gasteiger partial charge in [0.1, 0.15) is 5.75 Å². The molecule has 0 atom stereocenters. The molecule has 0 heterocycles. The van der Waals surface area contributed by atoms with Gasteiger partial charge in [-0.05, 0) is 48.7 Å². The lowest BCUT2D eigenvalue weighted by Crippen LogP contribution is -2.28. The zero-order valence-electron chi connectivity index (χ0n) is 12.2. The van der Waals surface area contributed by atoms with Crippen molar-refractivity contribution in [1.82, 2.24) is 5.32 Å². The van der Waals surface area contributed by atoms with Crippen LogP contribution in [0, 0.1) is 13.8 Å². The molecule has 1 amide bonds. The molecule has 0 fully saturated rings. The second kappa shape index (κ2) is 7.14. The number of hydrogen-bond donors (Lipinski definition) is 1. The van der Waals surface area contributed by atoms with Gasteiger partial charge in [0.2, 0.25) is 0 Å². The van der Waals surface area contributed by atoms with Gasteiger partial charge in [-0.2, -0.15) is 0 Å². The summed E-state index contributed by atoms with van der Waals surface area (Å²) in [6.07, 6.45) is 0. The molecule has 2 aromatic rings. The number of hydrogen-bond acceptors (Lipinski definition) is 2. The van der Waals surface area contributed by atoms with Crippen molar-refractivity contribution in [3.05, 3.63) is 64.2 Å². The Balaban J connectivity index is 1.84. The predicted molar refractivity (Wildman–Crippen MR) is 84.7 cm³/mol. The highest BCUT2D eigenvalue weighted by molar-refractivity contribution is 6.30. The van der Waals surface area contributed by atoms with Crippen molar-refractivity contribution in [2.45, 2.75) is 20.4 Å². The molecule has 0 radical (unpaired) electrons. The highest BCUT2D eigenvalue weighted by Gasteiger charge is 2.06. The quantitative estimate of drug-likeness (QED) is 0.915. The van der Waals surface area contributed by atoms with Crippen LogP contribution in [0.1, 0.15) is 16.7 Å². The van der Waals surface area contributed by atoms with Crippen LogP contribution in [0.2, 0.25) is 5.02 Å². The fourth-order valence-corrected chi connectivity index (χ4v) is 2.20. The first-order chi connectivity index (χ1) is 10.1. The van der Waals surface area contributed by atoms with E-state index in [1.807, 2.05) is 44.2 Å². The summed E-state index contributed by atoms with van der Waals surface area (Å²) in [5, 5.41) is 3.51. The van der Waals surface area contributed by atoms with Gasteiger partial charge in [-0.3, -0.25) is 4.79 Å². The third-order valence-electron chi connectivity index (χ3n) is 3.23. The fourth-order valence-electron chi connectivity index (χ4n) is 1.97. The second-order valence-electron chi connectivity index (χ2n) is 4.90. The van der Waals surface area contributed by atoms with Crippen molar-refractivity contribution in [1.29, 1.82) is 0 Å². The van der Waals surface area contributed by atoms with Crippen LogP contribution in [0.5, 0.6) is 5.75 Å². The smallest absolute Gasteiger partial charge is 0.258 e. The van der Waals surface area contributed by atoms with Gasteiger partial charge in [0.05, 0.1) is 0 Å². The van der Waals surface area contributed by atoms with E-state index in [0.717, 1.165) is 16.7 Å². The molecule has 0 saturated heterocycles. The highest BCUT2D eigenvalue weighted by atomic mass is 35.5. The van der Waals surface area contributed by atoms with Gasteiger partial charge in [0.15, 0.2) is 6.61 Å². The van der Waals surface area contributed by atoms with Crippen LogP contribution >= 0.6 is 11.6 Å². The van der Waals surface area contributed by atoms with E-state index in [0.29, 0.717) is 17.3 Å². The van der Waals surface area contributed by atoms with Crippen molar-refractivity contribution in [3.63, 3.8) is 0 Å². The molecule has 3 nitrogen and oxygen atoms in total. The van der Waals surface area contributed by atoms with Crippen molar-refractivity contribution in [2.75, 3.05) is 6.61 Å². The minimum atomic E-state index is -0.146. The maximum atomic E-state index is 11.8. The molecule has 0 aliphatic carbocycles. The summed E-state index contributed by atoms with van der Waals surface area (Å²) < 4.78 is 5.50.